The summed E-state index contributed by atoms with van der Waals surface area (Å²) in [6.07, 6.45) is 0.0184. The summed E-state index contributed by atoms with van der Waals surface area (Å²) in [5.41, 5.74) is 0.939. The highest BCUT2D eigenvalue weighted by Gasteiger charge is 2.12. The van der Waals surface area contributed by atoms with E-state index in [-0.39, 0.29) is 19.8 Å². The van der Waals surface area contributed by atoms with E-state index in [1.807, 2.05) is 18.2 Å². The van der Waals surface area contributed by atoms with Crippen molar-refractivity contribution in [3.8, 4) is 11.5 Å². The Bertz CT molecular complexity index is 388. The Hall–Kier alpha value is -1.75. The van der Waals surface area contributed by atoms with Gasteiger partial charge in [0.25, 0.3) is 0 Å². The van der Waals surface area contributed by atoms with Gasteiger partial charge in [-0.2, -0.15) is 0 Å². The van der Waals surface area contributed by atoms with Crippen molar-refractivity contribution in [3.05, 3.63) is 23.8 Å². The smallest absolute Gasteiger partial charge is 0.305 e. The lowest BCUT2D eigenvalue weighted by molar-refractivity contribution is -0.138. The fourth-order valence-corrected chi connectivity index (χ4v) is 1.38. The first-order valence-electron chi connectivity index (χ1n) is 4.94. The van der Waals surface area contributed by atoms with E-state index in [2.05, 4.69) is 0 Å². The Morgan fingerprint density at radius 1 is 1.38 bits per heavy atom. The van der Waals surface area contributed by atoms with Crippen molar-refractivity contribution < 1.29 is 24.1 Å². The molecule has 0 aliphatic carbocycles. The summed E-state index contributed by atoms with van der Waals surface area (Å²) in [4.78, 5) is 10.2. The molecule has 5 nitrogen and oxygen atoms in total. The number of ether oxygens (including phenoxy) is 3. The van der Waals surface area contributed by atoms with Gasteiger partial charge in [-0.3, -0.25) is 4.79 Å². The van der Waals surface area contributed by atoms with Gasteiger partial charge in [-0.15, -0.1) is 0 Å². The van der Waals surface area contributed by atoms with Crippen LogP contribution in [0.25, 0.3) is 0 Å². The zero-order chi connectivity index (χ0) is 11.4. The summed E-state index contributed by atoms with van der Waals surface area (Å²) in [5, 5.41) is 8.42. The predicted octanol–water partition coefficient (Wildman–Crippen LogP) is 1.41. The first-order valence-corrected chi connectivity index (χ1v) is 4.94. The van der Waals surface area contributed by atoms with Crippen LogP contribution in [-0.4, -0.2) is 24.5 Å². The average molecular weight is 224 g/mol. The molecule has 0 saturated carbocycles. The lowest BCUT2D eigenvalue weighted by atomic mass is 10.2. The zero-order valence-corrected chi connectivity index (χ0v) is 8.64. The number of rotatable bonds is 5. The van der Waals surface area contributed by atoms with Crippen LogP contribution in [0.2, 0.25) is 0 Å². The van der Waals surface area contributed by atoms with Gasteiger partial charge in [-0.05, 0) is 17.7 Å². The summed E-state index contributed by atoms with van der Waals surface area (Å²) in [5.74, 6) is 0.583. The van der Waals surface area contributed by atoms with Gasteiger partial charge >= 0.3 is 5.97 Å². The number of hydrogen-bond acceptors (Lipinski definition) is 4. The number of carboxylic acids is 1. The fraction of sp³-hybridized carbons (Fsp3) is 0.364. The number of carbonyl (C=O) groups is 1. The van der Waals surface area contributed by atoms with Gasteiger partial charge in [0.2, 0.25) is 6.79 Å². The second kappa shape index (κ2) is 4.85. The average Bonchev–Trinajstić information content (AvgIpc) is 2.71. The van der Waals surface area contributed by atoms with Gasteiger partial charge in [-0.25, -0.2) is 0 Å². The van der Waals surface area contributed by atoms with E-state index < -0.39 is 5.97 Å². The van der Waals surface area contributed by atoms with Crippen LogP contribution in [0.1, 0.15) is 12.0 Å². The second-order valence-electron chi connectivity index (χ2n) is 3.38. The summed E-state index contributed by atoms with van der Waals surface area (Å²) in [7, 11) is 0. The van der Waals surface area contributed by atoms with Gasteiger partial charge in [0.05, 0.1) is 19.6 Å². The molecule has 0 spiro atoms. The third-order valence-electron chi connectivity index (χ3n) is 2.17. The molecule has 86 valence electrons. The minimum absolute atomic E-state index is 0.0184. The van der Waals surface area contributed by atoms with Gasteiger partial charge in [0.15, 0.2) is 11.5 Å². The SMILES string of the molecule is O=C(O)CCOCc1ccc2c(c1)OCO2. The van der Waals surface area contributed by atoms with Crippen LogP contribution in [-0.2, 0) is 16.1 Å². The van der Waals surface area contributed by atoms with Crippen molar-refractivity contribution in [2.75, 3.05) is 13.4 Å². The second-order valence-corrected chi connectivity index (χ2v) is 3.38. The maximum absolute atomic E-state index is 10.2. The standard InChI is InChI=1S/C11H12O5/c12-11(13)3-4-14-6-8-1-2-9-10(5-8)16-7-15-9/h1-2,5H,3-4,6-7H2,(H,12,13). The number of benzene rings is 1. The lowest BCUT2D eigenvalue weighted by Crippen LogP contribution is -2.02. The zero-order valence-electron chi connectivity index (χ0n) is 8.64. The van der Waals surface area contributed by atoms with E-state index >= 15 is 0 Å². The maximum atomic E-state index is 10.2. The molecule has 1 N–H and O–H groups in total. The number of hydrogen-bond donors (Lipinski definition) is 1. The highest BCUT2D eigenvalue weighted by atomic mass is 16.7. The fourth-order valence-electron chi connectivity index (χ4n) is 1.38. The normalized spacial score (nSPS) is 12.8. The topological polar surface area (TPSA) is 65.0 Å². The Morgan fingerprint density at radius 3 is 3.00 bits per heavy atom. The molecule has 0 fully saturated rings. The molecule has 0 bridgehead atoms. The van der Waals surface area contributed by atoms with Gasteiger partial charge in [0.1, 0.15) is 0 Å². The highest BCUT2D eigenvalue weighted by molar-refractivity contribution is 5.66. The quantitative estimate of drug-likeness (QED) is 0.766. The van der Waals surface area contributed by atoms with Crippen LogP contribution in [0.4, 0.5) is 0 Å². The minimum atomic E-state index is -0.856. The molecule has 1 heterocycles. The molecule has 0 amide bonds. The van der Waals surface area contributed by atoms with Crippen molar-refractivity contribution in [3.63, 3.8) is 0 Å². The molecular weight excluding hydrogens is 212 g/mol. The Kier molecular flexibility index (Phi) is 3.26. The van der Waals surface area contributed by atoms with Crippen LogP contribution in [0.5, 0.6) is 11.5 Å². The molecule has 2 rings (SSSR count). The van der Waals surface area contributed by atoms with Crippen molar-refractivity contribution in [1.29, 1.82) is 0 Å². The Morgan fingerprint density at radius 2 is 2.19 bits per heavy atom. The third kappa shape index (κ3) is 2.64. The number of aliphatic carboxylic acids is 1. The van der Waals surface area contributed by atoms with Gasteiger partial charge < -0.3 is 19.3 Å². The van der Waals surface area contributed by atoms with E-state index in [4.69, 9.17) is 19.3 Å². The molecule has 1 aliphatic rings. The summed E-state index contributed by atoms with van der Waals surface area (Å²) < 4.78 is 15.6. The third-order valence-corrected chi connectivity index (χ3v) is 2.17. The van der Waals surface area contributed by atoms with Crippen LogP contribution >= 0.6 is 0 Å². The lowest BCUT2D eigenvalue weighted by Gasteiger charge is -2.03. The molecule has 16 heavy (non-hydrogen) atoms. The predicted molar refractivity (Wildman–Crippen MR) is 54.5 cm³/mol. The molecule has 1 aromatic carbocycles. The largest absolute Gasteiger partial charge is 0.481 e. The van der Waals surface area contributed by atoms with Crippen LogP contribution in [0, 0.1) is 0 Å². The number of fused-ring (bicyclic) bond motifs is 1. The molecule has 0 aromatic heterocycles. The van der Waals surface area contributed by atoms with Crippen LogP contribution < -0.4 is 9.47 Å². The monoisotopic (exact) mass is 224 g/mol. The van der Waals surface area contributed by atoms with Crippen LogP contribution in [0.15, 0.2) is 18.2 Å². The summed E-state index contributed by atoms with van der Waals surface area (Å²) in [6.45, 7) is 0.840. The Labute approximate surface area is 92.5 Å². The molecular formula is C11H12O5. The molecule has 0 radical (unpaired) electrons. The Balaban J connectivity index is 1.83. The van der Waals surface area contributed by atoms with E-state index in [9.17, 15) is 4.79 Å². The number of carboxylic acid groups (broad SMARTS) is 1. The van der Waals surface area contributed by atoms with Gasteiger partial charge in [0, 0.05) is 0 Å². The highest BCUT2D eigenvalue weighted by Crippen LogP contribution is 2.32. The van der Waals surface area contributed by atoms with Crippen molar-refractivity contribution in [2.24, 2.45) is 0 Å². The molecule has 5 heteroatoms. The van der Waals surface area contributed by atoms with Crippen molar-refractivity contribution in [1.82, 2.24) is 0 Å². The van der Waals surface area contributed by atoms with Crippen LogP contribution in [0.3, 0.4) is 0 Å². The van der Waals surface area contributed by atoms with Gasteiger partial charge in [-0.1, -0.05) is 6.07 Å². The summed E-state index contributed by atoms with van der Waals surface area (Å²) in [6, 6.07) is 5.52. The van der Waals surface area contributed by atoms with E-state index in [0.717, 1.165) is 11.3 Å². The van der Waals surface area contributed by atoms with E-state index in [1.165, 1.54) is 0 Å². The maximum Gasteiger partial charge on any atom is 0.305 e. The molecule has 1 aliphatic heterocycles. The molecule has 0 unspecified atom stereocenters. The van der Waals surface area contributed by atoms with Crippen molar-refractivity contribution in [2.45, 2.75) is 13.0 Å². The molecule has 0 saturated heterocycles. The van der Waals surface area contributed by atoms with E-state index in [0.29, 0.717) is 12.4 Å². The molecule has 1 aromatic rings. The summed E-state index contributed by atoms with van der Waals surface area (Å²) >= 11 is 0. The first-order chi connectivity index (χ1) is 7.75. The van der Waals surface area contributed by atoms with Crippen molar-refractivity contribution >= 4 is 5.97 Å². The van der Waals surface area contributed by atoms with E-state index in [1.54, 1.807) is 0 Å². The molecule has 0 atom stereocenters. The first kappa shape index (κ1) is 10.8. The minimum Gasteiger partial charge on any atom is -0.481 e.